The van der Waals surface area contributed by atoms with E-state index in [0.29, 0.717) is 0 Å². The van der Waals surface area contributed by atoms with Gasteiger partial charge in [-0.1, -0.05) is 0 Å². The van der Waals surface area contributed by atoms with Crippen LogP contribution in [-0.4, -0.2) is 28.6 Å². The topological polar surface area (TPSA) is 141 Å². The Balaban J connectivity index is -0.0000000951. The molecule has 0 saturated carbocycles. The Morgan fingerprint density at radius 3 is 1.20 bits per heavy atom. The molecule has 0 unspecified atom stereocenters. The zero-order valence-electron chi connectivity index (χ0n) is 10.8. The average Bonchev–Trinajstić information content (AvgIpc) is 1.98. The number of hydrogen-bond acceptors (Lipinski definition) is 7. The van der Waals surface area contributed by atoms with Gasteiger partial charge >= 0.3 is 131 Å². The molecule has 20 heavy (non-hydrogen) atoms. The van der Waals surface area contributed by atoms with Crippen molar-refractivity contribution in [3.8, 4) is 0 Å². The third-order valence-corrected chi connectivity index (χ3v) is 1.25. The van der Waals surface area contributed by atoms with Gasteiger partial charge in [0.05, 0.1) is 5.97 Å². The first kappa shape index (κ1) is 34.2. The molecule has 0 aliphatic rings. The molecule has 0 aromatic heterocycles. The Kier molecular flexibility index (Phi) is 31.2. The summed E-state index contributed by atoms with van der Waals surface area (Å²) < 4.78 is 0. The fourth-order valence-corrected chi connectivity index (χ4v) is 0.684. The second kappa shape index (κ2) is 18.2. The zero-order valence-corrected chi connectivity index (χ0v) is 20.8. The summed E-state index contributed by atoms with van der Waals surface area (Å²) in [5.41, 5.74) is -2.97. The van der Waals surface area contributed by atoms with Crippen molar-refractivity contribution in [2.45, 2.75) is 18.4 Å². The second-order valence-corrected chi connectivity index (χ2v) is 10.5. The van der Waals surface area contributed by atoms with E-state index in [1.807, 2.05) is 0 Å². The van der Waals surface area contributed by atoms with Gasteiger partial charge in [0.25, 0.3) is 0 Å². The molecular weight excluding hydrogens is 460 g/mol. The van der Waals surface area contributed by atoms with Crippen molar-refractivity contribution < 1.29 is 136 Å². The third-order valence-electron chi connectivity index (χ3n) is 1.25. The van der Waals surface area contributed by atoms with Crippen molar-refractivity contribution in [3.05, 3.63) is 0 Å². The maximum atomic E-state index is 10.1. The minimum Gasteiger partial charge on any atom is 1.00 e. The summed E-state index contributed by atoms with van der Waals surface area (Å²) in [6.07, 6.45) is -2.72. The molecule has 0 rings (SSSR count). The van der Waals surface area contributed by atoms with Crippen LogP contribution in [0.3, 0.4) is 0 Å². The Labute approximate surface area is 198 Å². The quantitative estimate of drug-likeness (QED) is 0.398. The van der Waals surface area contributed by atoms with Gasteiger partial charge in [-0.2, -0.15) is 0 Å². The summed E-state index contributed by atoms with van der Waals surface area (Å²) in [5, 5.41) is 38.9. The number of carboxylic acid groups (broad SMARTS) is 3. The zero-order chi connectivity index (χ0) is 14.2. The Morgan fingerprint density at radius 1 is 0.900 bits per heavy atom. The molecule has 0 spiro atoms. The summed E-state index contributed by atoms with van der Waals surface area (Å²) in [6, 6.07) is 0. The number of hydrogen-bond donors (Lipinski definition) is 1. The van der Waals surface area contributed by atoms with Crippen molar-refractivity contribution in [2.75, 3.05) is 0 Å². The van der Waals surface area contributed by atoms with Crippen LogP contribution in [-0.2, 0) is 27.4 Å². The summed E-state index contributed by atoms with van der Waals surface area (Å²) in [4.78, 5) is 30.0. The summed E-state index contributed by atoms with van der Waals surface area (Å²) in [5.74, 6) is -5.98. The molecule has 0 aromatic carbocycles. The van der Waals surface area contributed by atoms with E-state index in [0.717, 1.165) is 0 Å². The summed E-state index contributed by atoms with van der Waals surface area (Å²) in [6.45, 7) is 0. The van der Waals surface area contributed by atoms with Crippen LogP contribution in [0.1, 0.15) is 12.8 Å². The van der Waals surface area contributed by atoms with E-state index in [4.69, 9.17) is 34.2 Å². The molecule has 0 saturated heterocycles. The van der Waals surface area contributed by atoms with Crippen LogP contribution in [0.5, 0.6) is 0 Å². The van der Waals surface area contributed by atoms with Crippen LogP contribution in [0.25, 0.3) is 0 Å². The van der Waals surface area contributed by atoms with Crippen LogP contribution in [0.15, 0.2) is 0 Å². The molecule has 0 fully saturated rings. The van der Waals surface area contributed by atoms with Gasteiger partial charge in [0.1, 0.15) is 5.60 Å². The van der Waals surface area contributed by atoms with Gasteiger partial charge in [0, 0.05) is 24.8 Å². The Morgan fingerprint density at radius 2 is 1.10 bits per heavy atom. The molecule has 0 bridgehead atoms. The van der Waals surface area contributed by atoms with Crippen molar-refractivity contribution in [3.63, 3.8) is 0 Å². The molecule has 0 aliphatic carbocycles. The predicted molar refractivity (Wildman–Crippen MR) is 46.8 cm³/mol. The van der Waals surface area contributed by atoms with Crippen LogP contribution in [0.2, 0.25) is 0 Å². The van der Waals surface area contributed by atoms with Crippen molar-refractivity contribution in [2.24, 2.45) is 0 Å². The largest absolute Gasteiger partial charge is 1.00 e. The van der Waals surface area contributed by atoms with Crippen LogP contribution < -0.4 is 104 Å². The van der Waals surface area contributed by atoms with Crippen molar-refractivity contribution in [1.29, 1.82) is 0 Å². The van der Waals surface area contributed by atoms with Crippen molar-refractivity contribution >= 4 is 47.0 Å². The Hall–Kier alpha value is 2.86. The smallest absolute Gasteiger partial charge is 1.00 e. The van der Waals surface area contributed by atoms with Gasteiger partial charge < -0.3 is 34.8 Å². The van der Waals surface area contributed by atoms with E-state index in [2.05, 4.69) is 0 Å². The minimum absolute atomic E-state index is 0. The van der Waals surface area contributed by atoms with Crippen LogP contribution >= 0.6 is 29.1 Å². The van der Waals surface area contributed by atoms with Crippen LogP contribution in [0.4, 0.5) is 0 Å². The number of aliphatic carboxylic acids is 3. The van der Waals surface area contributed by atoms with E-state index in [-0.39, 0.29) is 88.7 Å². The third kappa shape index (κ3) is 23.1. The van der Waals surface area contributed by atoms with E-state index >= 15 is 0 Å². The number of rotatable bonds is 5. The molecule has 14 heteroatoms. The first-order valence-corrected chi connectivity index (χ1v) is 10.2. The number of carbonyl (C=O) groups is 3. The predicted octanol–water partition coefficient (Wildman–Crippen LogP) is -12.2. The van der Waals surface area contributed by atoms with Crippen LogP contribution in [0, 0.1) is 0 Å². The van der Waals surface area contributed by atoms with Crippen molar-refractivity contribution in [1.82, 2.24) is 0 Å². The monoisotopic (exact) mass is 465 g/mol. The maximum Gasteiger partial charge on any atom is 1.00 e. The maximum absolute atomic E-state index is 10.1. The van der Waals surface area contributed by atoms with Gasteiger partial charge in [-0.25, -0.2) is 0 Å². The van der Waals surface area contributed by atoms with E-state index < -0.39 is 49.3 Å². The van der Waals surface area contributed by atoms with E-state index in [9.17, 15) is 29.7 Å². The summed E-state index contributed by atoms with van der Waals surface area (Å²) >= 11 is -1.75. The first-order chi connectivity index (χ1) is 7.51. The number of carboxylic acids is 3. The number of halogens is 3. The molecule has 7 nitrogen and oxygen atoms in total. The minimum atomic E-state index is -2.97. The molecule has 1 N–H and O–H groups in total. The van der Waals surface area contributed by atoms with Gasteiger partial charge in [-0.3, -0.25) is 0 Å². The number of aliphatic hydroxyl groups is 1. The molecule has 0 aliphatic heterocycles. The first-order valence-electron chi connectivity index (χ1n) is 3.51. The fourth-order valence-electron chi connectivity index (χ4n) is 0.684. The molecule has 0 amide bonds. The average molecular weight is 465 g/mol. The van der Waals surface area contributed by atoms with Gasteiger partial charge in [-0.05, 0) is 0 Å². The van der Waals surface area contributed by atoms with E-state index in [1.54, 1.807) is 0 Å². The molecule has 0 radical (unpaired) electrons. The standard InChI is InChI=1S/C6H8O7.3ClH.3Na.Ru/c7-3(8)1-6(13,5(11)12)2-4(9)10;;;;;;;/h13H,1-2H2,(H,7,8)(H,9,10)(H,11,12);3*1H;;;;/q;;;;3*+1;+3/p-6. The number of carbonyl (C=O) groups excluding carboxylic acids is 3. The molecule has 103 valence electrons. The molecule has 0 aromatic rings. The van der Waals surface area contributed by atoms with Gasteiger partial charge in [0.15, 0.2) is 0 Å². The Bertz CT molecular complexity index is 289. The normalized spacial score (nSPS) is 9.30. The molecule has 0 atom stereocenters. The second-order valence-electron chi connectivity index (χ2n) is 2.57. The molecule has 0 heterocycles. The fraction of sp³-hybridized carbons (Fsp3) is 0.500. The van der Waals surface area contributed by atoms with E-state index in [1.165, 1.54) is 0 Å². The SMILES string of the molecule is O=C([O-])CC(O)(CC(=O)[O-])C(=O)[O-].[Cl][Ru]([Cl])[Cl].[Na+].[Na+].[Na+]. The molecular formula is C6H5Cl3Na3O7Ru. The van der Waals surface area contributed by atoms with Gasteiger partial charge in [0.2, 0.25) is 0 Å². The summed E-state index contributed by atoms with van der Waals surface area (Å²) in [7, 11) is 14.8. The van der Waals surface area contributed by atoms with Gasteiger partial charge in [-0.15, -0.1) is 0 Å².